The molecule has 1 atom stereocenters. The second-order valence-corrected chi connectivity index (χ2v) is 7.80. The molecule has 0 spiro atoms. The van der Waals surface area contributed by atoms with Crippen LogP contribution in [0.5, 0.6) is 0 Å². The molecule has 1 aromatic heterocycles. The highest BCUT2D eigenvalue weighted by Crippen LogP contribution is 2.37. The Balaban J connectivity index is 1.87. The van der Waals surface area contributed by atoms with Crippen molar-refractivity contribution in [3.05, 3.63) is 23.9 Å². The molecule has 2 aliphatic rings. The minimum Gasteiger partial charge on any atom is -0.444 e. The molecule has 5 heteroatoms. The van der Waals surface area contributed by atoms with E-state index in [1.807, 2.05) is 37.9 Å². The number of aromatic nitrogens is 1. The van der Waals surface area contributed by atoms with Crippen LogP contribution in [0.25, 0.3) is 0 Å². The zero-order chi connectivity index (χ0) is 17.2. The number of hydrogen-bond donors (Lipinski definition) is 0. The van der Waals surface area contributed by atoms with E-state index >= 15 is 0 Å². The maximum atomic E-state index is 12.7. The molecule has 3 rings (SSSR count). The van der Waals surface area contributed by atoms with E-state index in [2.05, 4.69) is 16.0 Å². The van der Waals surface area contributed by atoms with Crippen molar-refractivity contribution >= 4 is 11.9 Å². The highest BCUT2D eigenvalue weighted by molar-refractivity contribution is 5.69. The maximum Gasteiger partial charge on any atom is 0.410 e. The summed E-state index contributed by atoms with van der Waals surface area (Å²) in [4.78, 5) is 21.6. The number of piperidine rings is 1. The monoisotopic (exact) mass is 331 g/mol. The van der Waals surface area contributed by atoms with E-state index in [4.69, 9.17) is 4.74 Å². The topological polar surface area (TPSA) is 45.7 Å². The van der Waals surface area contributed by atoms with Crippen molar-refractivity contribution in [3.63, 3.8) is 0 Å². The molecule has 0 aromatic carbocycles. The van der Waals surface area contributed by atoms with Crippen LogP contribution in [0.15, 0.2) is 18.3 Å². The lowest BCUT2D eigenvalue weighted by Gasteiger charge is -2.38. The number of nitrogens with zero attached hydrogens (tertiary/aromatic N) is 3. The molecule has 2 saturated heterocycles. The molecule has 132 valence electrons. The minimum absolute atomic E-state index is 0.0675. The predicted octanol–water partition coefficient (Wildman–Crippen LogP) is 4.14. The largest absolute Gasteiger partial charge is 0.444 e. The fourth-order valence-electron chi connectivity index (χ4n) is 3.66. The van der Waals surface area contributed by atoms with Gasteiger partial charge in [-0.15, -0.1) is 0 Å². The van der Waals surface area contributed by atoms with Gasteiger partial charge >= 0.3 is 6.09 Å². The third-order valence-corrected chi connectivity index (χ3v) is 4.71. The first kappa shape index (κ1) is 17.1. The van der Waals surface area contributed by atoms with Crippen molar-refractivity contribution < 1.29 is 9.53 Å². The molecule has 0 N–H and O–H groups in total. The Kier molecular flexibility index (Phi) is 4.97. The third-order valence-electron chi connectivity index (χ3n) is 4.71. The predicted molar refractivity (Wildman–Crippen MR) is 95.2 cm³/mol. The zero-order valence-electron chi connectivity index (χ0n) is 15.1. The van der Waals surface area contributed by atoms with E-state index < -0.39 is 5.60 Å². The second kappa shape index (κ2) is 6.99. The summed E-state index contributed by atoms with van der Waals surface area (Å²) in [6.45, 7) is 8.64. The van der Waals surface area contributed by atoms with Gasteiger partial charge in [0, 0.05) is 31.4 Å². The van der Waals surface area contributed by atoms with Gasteiger partial charge in [0.1, 0.15) is 11.4 Å². The zero-order valence-corrected chi connectivity index (χ0v) is 15.1. The van der Waals surface area contributed by atoms with E-state index in [0.29, 0.717) is 0 Å². The molecule has 0 radical (unpaired) electrons. The van der Waals surface area contributed by atoms with Crippen LogP contribution >= 0.6 is 0 Å². The Morgan fingerprint density at radius 3 is 2.58 bits per heavy atom. The third kappa shape index (κ3) is 3.82. The quantitative estimate of drug-likeness (QED) is 0.817. The van der Waals surface area contributed by atoms with Gasteiger partial charge in [-0.05, 0) is 58.9 Å². The molecule has 3 heterocycles. The summed E-state index contributed by atoms with van der Waals surface area (Å²) in [5, 5.41) is 0. The fourth-order valence-corrected chi connectivity index (χ4v) is 3.66. The molecule has 0 unspecified atom stereocenters. The smallest absolute Gasteiger partial charge is 0.410 e. The van der Waals surface area contributed by atoms with Crippen LogP contribution in [0.1, 0.15) is 64.5 Å². The van der Waals surface area contributed by atoms with Crippen molar-refractivity contribution in [2.24, 2.45) is 0 Å². The number of ether oxygens (including phenoxy) is 1. The number of rotatable bonds is 2. The van der Waals surface area contributed by atoms with Gasteiger partial charge in [-0.25, -0.2) is 9.78 Å². The first-order valence-electron chi connectivity index (χ1n) is 9.15. The summed E-state index contributed by atoms with van der Waals surface area (Å²) in [5.41, 5.74) is 0.705. The van der Waals surface area contributed by atoms with Crippen LogP contribution in [-0.4, -0.2) is 41.2 Å². The summed E-state index contributed by atoms with van der Waals surface area (Å²) < 4.78 is 5.65. The van der Waals surface area contributed by atoms with E-state index in [1.54, 1.807) is 0 Å². The molecule has 0 bridgehead atoms. The van der Waals surface area contributed by atoms with Gasteiger partial charge in [0.2, 0.25) is 0 Å². The van der Waals surface area contributed by atoms with Gasteiger partial charge in [0.15, 0.2) is 0 Å². The first-order chi connectivity index (χ1) is 11.5. The SMILES string of the molecule is CC(C)(C)OC(=O)N1CCCC[C@@H]1c1cccnc1N1CCCC1. The normalized spacial score (nSPS) is 21.9. The summed E-state index contributed by atoms with van der Waals surface area (Å²) >= 11 is 0. The van der Waals surface area contributed by atoms with Crippen LogP contribution in [0.3, 0.4) is 0 Å². The van der Waals surface area contributed by atoms with E-state index in [9.17, 15) is 4.79 Å². The van der Waals surface area contributed by atoms with Gasteiger partial charge in [0.05, 0.1) is 6.04 Å². The van der Waals surface area contributed by atoms with Crippen LogP contribution in [-0.2, 0) is 4.74 Å². The summed E-state index contributed by atoms with van der Waals surface area (Å²) in [7, 11) is 0. The number of anilines is 1. The molecule has 1 aromatic rings. The Hall–Kier alpha value is -1.78. The van der Waals surface area contributed by atoms with Gasteiger partial charge in [-0.1, -0.05) is 6.07 Å². The van der Waals surface area contributed by atoms with Crippen LogP contribution < -0.4 is 4.90 Å². The molecule has 1 amide bonds. The van der Waals surface area contributed by atoms with Gasteiger partial charge in [-0.3, -0.25) is 0 Å². The Labute approximate surface area is 145 Å². The van der Waals surface area contributed by atoms with Crippen molar-refractivity contribution in [2.75, 3.05) is 24.5 Å². The average Bonchev–Trinajstić information content (AvgIpc) is 3.07. The van der Waals surface area contributed by atoms with E-state index in [-0.39, 0.29) is 12.1 Å². The number of hydrogen-bond acceptors (Lipinski definition) is 4. The molecular formula is C19H29N3O2. The molecular weight excluding hydrogens is 302 g/mol. The summed E-state index contributed by atoms with van der Waals surface area (Å²) in [6.07, 6.45) is 7.24. The lowest BCUT2D eigenvalue weighted by molar-refractivity contribution is 0.00954. The molecule has 2 fully saturated rings. The number of likely N-dealkylation sites (tertiary alicyclic amines) is 1. The maximum absolute atomic E-state index is 12.7. The number of carbonyl (C=O) groups excluding carboxylic acids is 1. The van der Waals surface area contributed by atoms with Crippen molar-refractivity contribution in [2.45, 2.75) is 64.5 Å². The number of amides is 1. The van der Waals surface area contributed by atoms with E-state index in [0.717, 1.165) is 44.7 Å². The Bertz CT molecular complexity index is 576. The first-order valence-corrected chi connectivity index (χ1v) is 9.15. The Morgan fingerprint density at radius 2 is 1.88 bits per heavy atom. The van der Waals surface area contributed by atoms with E-state index in [1.165, 1.54) is 18.4 Å². The molecule has 24 heavy (non-hydrogen) atoms. The standard InChI is InChI=1S/C19H29N3O2/c1-19(2,3)24-18(23)22-14-5-4-10-16(22)15-9-8-11-20-17(15)21-12-6-7-13-21/h8-9,11,16H,4-7,10,12-14H2,1-3H3/t16-/m1/s1. The number of pyridine rings is 1. The van der Waals surface area contributed by atoms with Crippen LogP contribution in [0, 0.1) is 0 Å². The van der Waals surface area contributed by atoms with Crippen LogP contribution in [0.2, 0.25) is 0 Å². The van der Waals surface area contributed by atoms with Gasteiger partial charge in [-0.2, -0.15) is 0 Å². The van der Waals surface area contributed by atoms with Crippen molar-refractivity contribution in [1.82, 2.24) is 9.88 Å². The molecule has 0 saturated carbocycles. The lowest BCUT2D eigenvalue weighted by atomic mass is 9.95. The molecule has 2 aliphatic heterocycles. The second-order valence-electron chi connectivity index (χ2n) is 7.80. The van der Waals surface area contributed by atoms with Gasteiger partial charge < -0.3 is 14.5 Å². The van der Waals surface area contributed by atoms with Crippen molar-refractivity contribution in [3.8, 4) is 0 Å². The highest BCUT2D eigenvalue weighted by Gasteiger charge is 2.34. The molecule has 0 aliphatic carbocycles. The fraction of sp³-hybridized carbons (Fsp3) is 0.684. The lowest BCUT2D eigenvalue weighted by Crippen LogP contribution is -2.42. The van der Waals surface area contributed by atoms with Gasteiger partial charge in [0.25, 0.3) is 0 Å². The minimum atomic E-state index is -0.466. The highest BCUT2D eigenvalue weighted by atomic mass is 16.6. The average molecular weight is 331 g/mol. The Morgan fingerprint density at radius 1 is 1.17 bits per heavy atom. The summed E-state index contributed by atoms with van der Waals surface area (Å²) in [5.74, 6) is 1.05. The molecule has 5 nitrogen and oxygen atoms in total. The number of carbonyl (C=O) groups is 1. The summed E-state index contributed by atoms with van der Waals surface area (Å²) in [6, 6.07) is 4.18. The van der Waals surface area contributed by atoms with Crippen LogP contribution in [0.4, 0.5) is 10.6 Å². The van der Waals surface area contributed by atoms with Crippen molar-refractivity contribution in [1.29, 1.82) is 0 Å².